The van der Waals surface area contributed by atoms with Gasteiger partial charge in [-0.1, -0.05) is 0 Å². The number of carbonyl (C=O) groups excluding carboxylic acids is 3. The van der Waals surface area contributed by atoms with Gasteiger partial charge in [0.15, 0.2) is 0 Å². The number of hydrogen-bond acceptors (Lipinski definition) is 6. The Balaban J connectivity index is 2.26. The van der Waals surface area contributed by atoms with E-state index in [4.69, 9.17) is 10.00 Å². The summed E-state index contributed by atoms with van der Waals surface area (Å²) in [7, 11) is 0. The number of nitrogens with zero attached hydrogens (tertiary/aromatic N) is 2. The third-order valence-electron chi connectivity index (χ3n) is 3.22. The summed E-state index contributed by atoms with van der Waals surface area (Å²) in [6.07, 6.45) is 3.31. The quantitative estimate of drug-likeness (QED) is 0.260. The van der Waals surface area contributed by atoms with E-state index in [1.807, 2.05) is 0 Å². The fraction of sp³-hybridized carbons (Fsp3) is 0.600. The molecule has 0 aliphatic carbocycles. The number of rotatable bonds is 9. The third kappa shape index (κ3) is 6.82. The Labute approximate surface area is 135 Å². The van der Waals surface area contributed by atoms with E-state index in [0.717, 1.165) is 13.0 Å². The lowest BCUT2D eigenvalue weighted by Gasteiger charge is -2.15. The number of nitrogens with one attached hydrogen (secondary N) is 2. The van der Waals surface area contributed by atoms with Gasteiger partial charge in [0.1, 0.15) is 18.2 Å². The second-order valence-corrected chi connectivity index (χ2v) is 4.95. The van der Waals surface area contributed by atoms with Gasteiger partial charge in [0, 0.05) is 32.3 Å². The Bertz CT molecular complexity index is 510. The monoisotopic (exact) mass is 322 g/mol. The Kier molecular flexibility index (Phi) is 8.21. The SMILES string of the molecule is CCOC(=O)CN/C=C(/C#N)C(=O)NCCCN1CCCC1=O. The lowest BCUT2D eigenvalue weighted by molar-refractivity contribution is -0.141. The smallest absolute Gasteiger partial charge is 0.325 e. The van der Waals surface area contributed by atoms with Crippen LogP contribution in [0.15, 0.2) is 11.8 Å². The summed E-state index contributed by atoms with van der Waals surface area (Å²) in [5.41, 5.74) is -0.119. The summed E-state index contributed by atoms with van der Waals surface area (Å²) >= 11 is 0. The number of esters is 1. The van der Waals surface area contributed by atoms with Gasteiger partial charge in [0.2, 0.25) is 5.91 Å². The molecule has 0 bridgehead atoms. The molecule has 8 heteroatoms. The first-order valence-electron chi connectivity index (χ1n) is 7.63. The van der Waals surface area contributed by atoms with E-state index in [9.17, 15) is 14.4 Å². The minimum Gasteiger partial charge on any atom is -0.465 e. The molecule has 1 saturated heterocycles. The van der Waals surface area contributed by atoms with Crippen molar-refractivity contribution in [3.63, 3.8) is 0 Å². The van der Waals surface area contributed by atoms with Crippen molar-refractivity contribution in [2.45, 2.75) is 26.2 Å². The van der Waals surface area contributed by atoms with E-state index in [-0.39, 0.29) is 24.6 Å². The summed E-state index contributed by atoms with van der Waals surface area (Å²) in [6.45, 7) is 3.61. The van der Waals surface area contributed by atoms with Crippen LogP contribution in [-0.4, -0.2) is 55.5 Å². The normalized spacial score (nSPS) is 14.3. The van der Waals surface area contributed by atoms with E-state index in [1.54, 1.807) is 17.9 Å². The van der Waals surface area contributed by atoms with Crippen LogP contribution in [-0.2, 0) is 19.1 Å². The highest BCUT2D eigenvalue weighted by molar-refractivity contribution is 5.97. The van der Waals surface area contributed by atoms with Crippen molar-refractivity contribution in [1.82, 2.24) is 15.5 Å². The molecule has 1 rings (SSSR count). The van der Waals surface area contributed by atoms with Crippen LogP contribution in [0.2, 0.25) is 0 Å². The molecule has 8 nitrogen and oxygen atoms in total. The molecule has 2 N–H and O–H groups in total. The van der Waals surface area contributed by atoms with Gasteiger partial charge in [-0.3, -0.25) is 14.4 Å². The van der Waals surface area contributed by atoms with E-state index < -0.39 is 11.9 Å². The fourth-order valence-corrected chi connectivity index (χ4v) is 2.10. The van der Waals surface area contributed by atoms with E-state index in [0.29, 0.717) is 25.9 Å². The molecule has 0 aromatic carbocycles. The summed E-state index contributed by atoms with van der Waals surface area (Å²) in [6, 6.07) is 1.77. The van der Waals surface area contributed by atoms with Crippen molar-refractivity contribution in [3.05, 3.63) is 11.8 Å². The van der Waals surface area contributed by atoms with Gasteiger partial charge in [-0.05, 0) is 19.8 Å². The first-order chi connectivity index (χ1) is 11.1. The third-order valence-corrected chi connectivity index (χ3v) is 3.22. The number of carbonyl (C=O) groups is 3. The number of ether oxygens (including phenoxy) is 1. The summed E-state index contributed by atoms with van der Waals surface area (Å²) in [5, 5.41) is 14.1. The lowest BCUT2D eigenvalue weighted by atomic mass is 10.3. The van der Waals surface area contributed by atoms with Crippen LogP contribution < -0.4 is 10.6 Å². The average molecular weight is 322 g/mol. The van der Waals surface area contributed by atoms with E-state index >= 15 is 0 Å². The molecule has 0 spiro atoms. The highest BCUT2D eigenvalue weighted by Crippen LogP contribution is 2.09. The Morgan fingerprint density at radius 2 is 2.26 bits per heavy atom. The first kappa shape index (κ1) is 18.5. The lowest BCUT2D eigenvalue weighted by Crippen LogP contribution is -2.31. The van der Waals surface area contributed by atoms with Gasteiger partial charge in [-0.15, -0.1) is 0 Å². The molecule has 0 aromatic heterocycles. The predicted molar refractivity (Wildman–Crippen MR) is 81.8 cm³/mol. The molecule has 0 radical (unpaired) electrons. The first-order valence-corrected chi connectivity index (χ1v) is 7.63. The molecular weight excluding hydrogens is 300 g/mol. The molecule has 2 amide bonds. The topological polar surface area (TPSA) is 112 Å². The van der Waals surface area contributed by atoms with Crippen molar-refractivity contribution in [1.29, 1.82) is 5.26 Å². The minimum absolute atomic E-state index is 0.108. The molecule has 0 atom stereocenters. The Morgan fingerprint density at radius 3 is 2.87 bits per heavy atom. The van der Waals surface area contributed by atoms with Crippen LogP contribution in [0.1, 0.15) is 26.2 Å². The van der Waals surface area contributed by atoms with Crippen molar-refractivity contribution in [2.75, 3.05) is 32.8 Å². The number of nitriles is 1. The van der Waals surface area contributed by atoms with Crippen LogP contribution in [0.3, 0.4) is 0 Å². The minimum atomic E-state index is -0.517. The van der Waals surface area contributed by atoms with Crippen LogP contribution in [0.25, 0.3) is 0 Å². The number of likely N-dealkylation sites (tertiary alicyclic amines) is 1. The maximum Gasteiger partial charge on any atom is 0.325 e. The number of amides is 2. The molecule has 1 aliphatic heterocycles. The van der Waals surface area contributed by atoms with Crippen LogP contribution >= 0.6 is 0 Å². The second-order valence-electron chi connectivity index (χ2n) is 4.95. The molecule has 126 valence electrons. The molecule has 1 fully saturated rings. The summed E-state index contributed by atoms with van der Waals surface area (Å²) in [5.74, 6) is -0.828. The van der Waals surface area contributed by atoms with Crippen LogP contribution in [0.4, 0.5) is 0 Å². The fourth-order valence-electron chi connectivity index (χ4n) is 2.10. The standard InChI is InChI=1S/C15H22N4O4/c1-2-23-14(21)11-17-10-12(9-16)15(22)18-6-4-8-19-7-3-5-13(19)20/h10,17H,2-8,11H2,1H3,(H,18,22)/b12-10-. The van der Waals surface area contributed by atoms with Gasteiger partial charge < -0.3 is 20.3 Å². The zero-order valence-corrected chi connectivity index (χ0v) is 13.3. The molecular formula is C15H22N4O4. The summed E-state index contributed by atoms with van der Waals surface area (Å²) in [4.78, 5) is 36.1. The highest BCUT2D eigenvalue weighted by atomic mass is 16.5. The van der Waals surface area contributed by atoms with Crippen molar-refractivity contribution in [3.8, 4) is 6.07 Å². The van der Waals surface area contributed by atoms with Crippen LogP contribution in [0, 0.1) is 11.3 Å². The van der Waals surface area contributed by atoms with Gasteiger partial charge >= 0.3 is 5.97 Å². The number of hydrogen-bond donors (Lipinski definition) is 2. The molecule has 1 aliphatic rings. The highest BCUT2D eigenvalue weighted by Gasteiger charge is 2.19. The van der Waals surface area contributed by atoms with Crippen molar-refractivity contribution < 1.29 is 19.1 Å². The molecule has 0 saturated carbocycles. The van der Waals surface area contributed by atoms with Gasteiger partial charge in [-0.2, -0.15) is 5.26 Å². The maximum atomic E-state index is 11.8. The van der Waals surface area contributed by atoms with E-state index in [2.05, 4.69) is 10.6 Å². The van der Waals surface area contributed by atoms with Crippen molar-refractivity contribution >= 4 is 17.8 Å². The van der Waals surface area contributed by atoms with Gasteiger partial charge in [0.25, 0.3) is 5.91 Å². The zero-order valence-electron chi connectivity index (χ0n) is 13.3. The van der Waals surface area contributed by atoms with Gasteiger partial charge in [0.05, 0.1) is 6.61 Å². The second kappa shape index (κ2) is 10.2. The molecule has 23 heavy (non-hydrogen) atoms. The van der Waals surface area contributed by atoms with Crippen LogP contribution in [0.5, 0.6) is 0 Å². The predicted octanol–water partition coefficient (Wildman–Crippen LogP) is -0.325. The van der Waals surface area contributed by atoms with Gasteiger partial charge in [-0.25, -0.2) is 0 Å². The molecule has 0 aromatic rings. The molecule has 0 unspecified atom stereocenters. The zero-order chi connectivity index (χ0) is 17.1. The average Bonchev–Trinajstić information content (AvgIpc) is 2.93. The maximum absolute atomic E-state index is 11.8. The van der Waals surface area contributed by atoms with E-state index in [1.165, 1.54) is 6.20 Å². The molecule has 1 heterocycles. The largest absolute Gasteiger partial charge is 0.465 e. The summed E-state index contributed by atoms with van der Waals surface area (Å²) < 4.78 is 4.71. The Hall–Kier alpha value is -2.56. The Morgan fingerprint density at radius 1 is 1.48 bits per heavy atom. The van der Waals surface area contributed by atoms with Crippen molar-refractivity contribution in [2.24, 2.45) is 0 Å².